The number of halogens is 1. The fourth-order valence-electron chi connectivity index (χ4n) is 1.87. The Morgan fingerprint density at radius 3 is 2.95 bits per heavy atom. The average molecular weight is 318 g/mol. The number of nitrogens with one attached hydrogen (secondary N) is 1. The van der Waals surface area contributed by atoms with E-state index in [4.69, 9.17) is 20.5 Å². The summed E-state index contributed by atoms with van der Waals surface area (Å²) in [5.74, 6) is 1.62. The van der Waals surface area contributed by atoms with Crippen LogP contribution in [-0.4, -0.2) is 16.0 Å². The summed E-state index contributed by atoms with van der Waals surface area (Å²) >= 11 is 5.94. The first-order valence-electron chi connectivity index (χ1n) is 6.55. The quantitative estimate of drug-likeness (QED) is 0.798. The molecule has 2 aromatic heterocycles. The molecule has 0 unspecified atom stereocenters. The monoisotopic (exact) mass is 317 g/mol. The summed E-state index contributed by atoms with van der Waals surface area (Å²) in [7, 11) is 0. The Balaban J connectivity index is 1.80. The highest BCUT2D eigenvalue weighted by atomic mass is 35.5. The van der Waals surface area contributed by atoms with Crippen LogP contribution in [0.15, 0.2) is 45.3 Å². The molecular formula is C15H12ClN3O3. The molecule has 1 N–H and O–H groups in total. The first-order chi connectivity index (χ1) is 10.6. The molecule has 0 bridgehead atoms. The molecule has 7 heteroatoms. The van der Waals surface area contributed by atoms with Gasteiger partial charge in [-0.15, -0.1) is 0 Å². The van der Waals surface area contributed by atoms with Gasteiger partial charge in [-0.2, -0.15) is 4.98 Å². The van der Waals surface area contributed by atoms with E-state index in [9.17, 15) is 4.79 Å². The Bertz CT molecular complexity index is 810. The number of amides is 1. The van der Waals surface area contributed by atoms with Gasteiger partial charge in [0.15, 0.2) is 5.76 Å². The molecule has 1 aromatic carbocycles. The van der Waals surface area contributed by atoms with Crippen molar-refractivity contribution in [3.05, 3.63) is 47.2 Å². The summed E-state index contributed by atoms with van der Waals surface area (Å²) in [5, 5.41) is 7.16. The number of aromatic nitrogens is 2. The molecule has 0 saturated carbocycles. The van der Waals surface area contributed by atoms with E-state index in [2.05, 4.69) is 15.5 Å². The van der Waals surface area contributed by atoms with Gasteiger partial charge >= 0.3 is 0 Å². The predicted octanol–water partition coefficient (Wildman–Crippen LogP) is 3.29. The minimum absolute atomic E-state index is 0.126. The van der Waals surface area contributed by atoms with Gasteiger partial charge in [-0.1, -0.05) is 28.9 Å². The number of hydrogen-bond donors (Lipinski definition) is 1. The van der Waals surface area contributed by atoms with Crippen molar-refractivity contribution in [1.29, 1.82) is 0 Å². The van der Waals surface area contributed by atoms with Gasteiger partial charge in [-0.3, -0.25) is 4.79 Å². The van der Waals surface area contributed by atoms with Crippen LogP contribution >= 0.6 is 11.6 Å². The Kier molecular flexibility index (Phi) is 3.93. The highest BCUT2D eigenvalue weighted by Gasteiger charge is 2.14. The van der Waals surface area contributed by atoms with E-state index < -0.39 is 0 Å². The number of furan rings is 1. The predicted molar refractivity (Wildman–Crippen MR) is 80.0 cm³/mol. The normalized spacial score (nSPS) is 10.6. The second-order valence-corrected chi connectivity index (χ2v) is 5.05. The molecule has 2 heterocycles. The van der Waals surface area contributed by atoms with Crippen molar-refractivity contribution in [3.63, 3.8) is 0 Å². The summed E-state index contributed by atoms with van der Waals surface area (Å²) in [5.41, 5.74) is 0.757. The molecule has 0 aliphatic rings. The first kappa shape index (κ1) is 14.3. The number of rotatable bonds is 4. The Morgan fingerprint density at radius 2 is 2.18 bits per heavy atom. The first-order valence-corrected chi connectivity index (χ1v) is 6.93. The third kappa shape index (κ3) is 3.17. The van der Waals surface area contributed by atoms with Crippen molar-refractivity contribution < 1.29 is 13.7 Å². The molecule has 0 saturated heterocycles. The molecule has 0 spiro atoms. The molecule has 0 aliphatic heterocycles. The van der Waals surface area contributed by atoms with E-state index in [1.54, 1.807) is 24.3 Å². The van der Waals surface area contributed by atoms with Gasteiger partial charge in [-0.05, 0) is 24.3 Å². The number of carbonyl (C=O) groups is 1. The number of hydrogen-bond acceptors (Lipinski definition) is 5. The van der Waals surface area contributed by atoms with Crippen LogP contribution in [0.1, 0.15) is 12.7 Å². The number of benzene rings is 1. The maximum absolute atomic E-state index is 10.9. The zero-order valence-electron chi connectivity index (χ0n) is 11.7. The van der Waals surface area contributed by atoms with E-state index in [0.717, 1.165) is 5.56 Å². The summed E-state index contributed by atoms with van der Waals surface area (Å²) < 4.78 is 10.8. The van der Waals surface area contributed by atoms with Gasteiger partial charge in [0.2, 0.25) is 11.7 Å². The average Bonchev–Trinajstić information content (AvgIpc) is 3.14. The molecule has 0 fully saturated rings. The van der Waals surface area contributed by atoms with E-state index in [-0.39, 0.29) is 11.8 Å². The lowest BCUT2D eigenvalue weighted by atomic mass is 10.2. The molecule has 3 rings (SSSR count). The summed E-state index contributed by atoms with van der Waals surface area (Å²) in [6, 6.07) is 10.6. The maximum Gasteiger partial charge on any atom is 0.293 e. The maximum atomic E-state index is 10.9. The van der Waals surface area contributed by atoms with Crippen molar-refractivity contribution in [2.75, 3.05) is 0 Å². The van der Waals surface area contributed by atoms with E-state index in [0.29, 0.717) is 28.9 Å². The largest absolute Gasteiger partial charge is 0.454 e. The van der Waals surface area contributed by atoms with Gasteiger partial charge in [0.25, 0.3) is 5.89 Å². The summed E-state index contributed by atoms with van der Waals surface area (Å²) in [4.78, 5) is 15.2. The second kappa shape index (κ2) is 6.03. The standard InChI is InChI=1S/C15H12ClN3O3/c1-9(20)17-8-12-5-6-13(21-12)15-18-14(19-22-15)10-3-2-4-11(16)7-10/h2-7H,8H2,1H3,(H,17,20). The SMILES string of the molecule is CC(=O)NCc1ccc(-c2nc(-c3cccc(Cl)c3)no2)o1. The molecule has 1 amide bonds. The zero-order chi connectivity index (χ0) is 15.5. The van der Waals surface area contributed by atoms with Crippen molar-refractivity contribution in [1.82, 2.24) is 15.5 Å². The van der Waals surface area contributed by atoms with Crippen LogP contribution in [0, 0.1) is 0 Å². The topological polar surface area (TPSA) is 81.2 Å². The van der Waals surface area contributed by atoms with Gasteiger partial charge in [0.05, 0.1) is 6.54 Å². The van der Waals surface area contributed by atoms with Crippen molar-refractivity contribution >= 4 is 17.5 Å². The molecular weight excluding hydrogens is 306 g/mol. The molecule has 22 heavy (non-hydrogen) atoms. The van der Waals surface area contributed by atoms with Gasteiger partial charge in [-0.25, -0.2) is 0 Å². The minimum atomic E-state index is -0.126. The van der Waals surface area contributed by atoms with Gasteiger partial charge in [0, 0.05) is 17.5 Å². The van der Waals surface area contributed by atoms with Crippen LogP contribution in [0.4, 0.5) is 0 Å². The van der Waals surface area contributed by atoms with Crippen LogP contribution < -0.4 is 5.32 Å². The fourth-order valence-corrected chi connectivity index (χ4v) is 2.06. The highest BCUT2D eigenvalue weighted by Crippen LogP contribution is 2.25. The van der Waals surface area contributed by atoms with E-state index in [1.807, 2.05) is 12.1 Å². The molecule has 0 radical (unpaired) electrons. The molecule has 3 aromatic rings. The van der Waals surface area contributed by atoms with Crippen LogP contribution in [0.5, 0.6) is 0 Å². The van der Waals surface area contributed by atoms with Crippen molar-refractivity contribution in [3.8, 4) is 23.0 Å². The Labute approximate surface area is 131 Å². The Hall–Kier alpha value is -2.60. The molecule has 112 valence electrons. The zero-order valence-corrected chi connectivity index (χ0v) is 12.4. The van der Waals surface area contributed by atoms with E-state index in [1.165, 1.54) is 6.92 Å². The van der Waals surface area contributed by atoms with Gasteiger partial charge < -0.3 is 14.3 Å². The van der Waals surface area contributed by atoms with Crippen LogP contribution in [-0.2, 0) is 11.3 Å². The van der Waals surface area contributed by atoms with E-state index >= 15 is 0 Å². The Morgan fingerprint density at radius 1 is 1.32 bits per heavy atom. The lowest BCUT2D eigenvalue weighted by Gasteiger charge is -1.96. The molecule has 0 atom stereocenters. The summed E-state index contributed by atoms with van der Waals surface area (Å²) in [6.45, 7) is 1.75. The second-order valence-electron chi connectivity index (χ2n) is 4.61. The lowest BCUT2D eigenvalue weighted by Crippen LogP contribution is -2.18. The minimum Gasteiger partial charge on any atom is -0.454 e. The third-order valence-electron chi connectivity index (χ3n) is 2.89. The van der Waals surface area contributed by atoms with Crippen molar-refractivity contribution in [2.24, 2.45) is 0 Å². The fraction of sp³-hybridized carbons (Fsp3) is 0.133. The molecule has 0 aliphatic carbocycles. The van der Waals surface area contributed by atoms with Crippen LogP contribution in [0.25, 0.3) is 23.0 Å². The summed E-state index contributed by atoms with van der Waals surface area (Å²) in [6.07, 6.45) is 0. The van der Waals surface area contributed by atoms with Crippen LogP contribution in [0.2, 0.25) is 5.02 Å². The van der Waals surface area contributed by atoms with Crippen molar-refractivity contribution in [2.45, 2.75) is 13.5 Å². The molecule has 6 nitrogen and oxygen atoms in total. The van der Waals surface area contributed by atoms with Gasteiger partial charge in [0.1, 0.15) is 5.76 Å². The lowest BCUT2D eigenvalue weighted by molar-refractivity contribution is -0.119. The third-order valence-corrected chi connectivity index (χ3v) is 3.13. The number of nitrogens with zero attached hydrogens (tertiary/aromatic N) is 2. The highest BCUT2D eigenvalue weighted by molar-refractivity contribution is 6.30. The number of carbonyl (C=O) groups excluding carboxylic acids is 1. The van der Waals surface area contributed by atoms with Crippen LogP contribution in [0.3, 0.4) is 0 Å². The smallest absolute Gasteiger partial charge is 0.293 e.